The van der Waals surface area contributed by atoms with Gasteiger partial charge in [-0.25, -0.2) is 0 Å². The molecule has 0 aromatic carbocycles. The normalized spacial score (nSPS) is 32.1. The molecule has 22 heavy (non-hydrogen) atoms. The minimum absolute atomic E-state index is 0. The third-order valence-corrected chi connectivity index (χ3v) is 5.06. The van der Waals surface area contributed by atoms with E-state index in [1.54, 1.807) is 0 Å². The van der Waals surface area contributed by atoms with E-state index in [0.717, 1.165) is 64.6 Å². The van der Waals surface area contributed by atoms with Crippen molar-refractivity contribution in [3.63, 3.8) is 0 Å². The van der Waals surface area contributed by atoms with Crippen LogP contribution in [0, 0.1) is 5.92 Å². The Kier molecular flexibility index (Phi) is 8.15. The molecule has 0 spiro atoms. The van der Waals surface area contributed by atoms with Crippen molar-refractivity contribution in [2.75, 3.05) is 19.7 Å². The number of carbonyl (C=O) groups excluding carboxylic acids is 1. The first-order valence-electron chi connectivity index (χ1n) is 8.74. The maximum atomic E-state index is 13.0. The zero-order valence-corrected chi connectivity index (χ0v) is 15.0. The van der Waals surface area contributed by atoms with E-state index in [9.17, 15) is 4.79 Å². The van der Waals surface area contributed by atoms with Gasteiger partial charge in [0, 0.05) is 25.2 Å². The van der Waals surface area contributed by atoms with Crippen molar-refractivity contribution in [3.05, 3.63) is 0 Å². The Labute approximate surface area is 141 Å². The number of carbonyl (C=O) groups is 1. The molecule has 1 aliphatic carbocycles. The molecule has 0 aromatic heterocycles. The highest BCUT2D eigenvalue weighted by atomic mass is 35.5. The van der Waals surface area contributed by atoms with Crippen LogP contribution < -0.4 is 5.73 Å². The first kappa shape index (κ1) is 19.7. The lowest BCUT2D eigenvalue weighted by Crippen LogP contribution is -2.55. The van der Waals surface area contributed by atoms with Crippen molar-refractivity contribution in [2.45, 2.75) is 76.9 Å². The van der Waals surface area contributed by atoms with Crippen LogP contribution >= 0.6 is 12.4 Å². The van der Waals surface area contributed by atoms with E-state index >= 15 is 0 Å². The predicted octanol–water partition coefficient (Wildman–Crippen LogP) is 3.12. The van der Waals surface area contributed by atoms with Gasteiger partial charge in [-0.15, -0.1) is 12.4 Å². The van der Waals surface area contributed by atoms with Crippen LogP contribution in [0.1, 0.15) is 65.2 Å². The van der Waals surface area contributed by atoms with Gasteiger partial charge in [-0.3, -0.25) is 4.79 Å². The molecule has 5 heteroatoms. The molecular formula is C17H33ClN2O2. The topological polar surface area (TPSA) is 55.6 Å². The average Bonchev–Trinajstić information content (AvgIpc) is 2.47. The van der Waals surface area contributed by atoms with Crippen LogP contribution in [0.4, 0.5) is 0 Å². The minimum Gasteiger partial charge on any atom is -0.376 e. The summed E-state index contributed by atoms with van der Waals surface area (Å²) in [5, 5.41) is 0. The molecule has 4 nitrogen and oxygen atoms in total. The van der Waals surface area contributed by atoms with Crippen LogP contribution in [-0.4, -0.2) is 42.1 Å². The van der Waals surface area contributed by atoms with Gasteiger partial charge in [0.2, 0.25) is 5.91 Å². The van der Waals surface area contributed by atoms with Crippen LogP contribution in [0.5, 0.6) is 0 Å². The summed E-state index contributed by atoms with van der Waals surface area (Å²) < 4.78 is 5.82. The monoisotopic (exact) mass is 332 g/mol. The summed E-state index contributed by atoms with van der Waals surface area (Å²) in [6.07, 6.45) is 8.85. The summed E-state index contributed by atoms with van der Waals surface area (Å²) in [4.78, 5) is 15.0. The standard InChI is InChI=1S/C17H32N2O2.ClH/c1-3-11-19(13-14-8-5-7-12-21-14)16(20)15-9-4-6-10-17(15,2)18;/h14-15H,3-13,18H2,1-2H3;1H. The van der Waals surface area contributed by atoms with Gasteiger partial charge < -0.3 is 15.4 Å². The Hall–Kier alpha value is -0.320. The number of hydrogen-bond donors (Lipinski definition) is 1. The van der Waals surface area contributed by atoms with Crippen LogP contribution in [0.15, 0.2) is 0 Å². The second-order valence-corrected chi connectivity index (χ2v) is 7.08. The van der Waals surface area contributed by atoms with Gasteiger partial charge in [0.25, 0.3) is 0 Å². The lowest BCUT2D eigenvalue weighted by molar-refractivity contribution is -0.141. The zero-order chi connectivity index (χ0) is 15.3. The van der Waals surface area contributed by atoms with E-state index in [4.69, 9.17) is 10.5 Å². The van der Waals surface area contributed by atoms with E-state index in [-0.39, 0.29) is 35.9 Å². The fourth-order valence-corrected chi connectivity index (χ4v) is 3.74. The Bertz CT molecular complexity index is 344. The number of ether oxygens (including phenoxy) is 1. The second-order valence-electron chi connectivity index (χ2n) is 7.08. The largest absolute Gasteiger partial charge is 0.376 e. The van der Waals surface area contributed by atoms with E-state index in [1.165, 1.54) is 6.42 Å². The van der Waals surface area contributed by atoms with Gasteiger partial charge in [-0.05, 0) is 45.4 Å². The highest BCUT2D eigenvalue weighted by molar-refractivity contribution is 5.85. The van der Waals surface area contributed by atoms with Crippen LogP contribution in [0.3, 0.4) is 0 Å². The van der Waals surface area contributed by atoms with Crippen molar-refractivity contribution in [2.24, 2.45) is 11.7 Å². The van der Waals surface area contributed by atoms with E-state index in [2.05, 4.69) is 13.8 Å². The molecule has 2 fully saturated rings. The lowest BCUT2D eigenvalue weighted by Gasteiger charge is -2.41. The number of hydrogen-bond acceptors (Lipinski definition) is 3. The molecule has 1 aliphatic heterocycles. The molecule has 2 aliphatic rings. The number of amides is 1. The summed E-state index contributed by atoms with van der Waals surface area (Å²) in [5.74, 6) is 0.247. The molecule has 0 aromatic rings. The van der Waals surface area contributed by atoms with Crippen molar-refractivity contribution >= 4 is 18.3 Å². The fourth-order valence-electron chi connectivity index (χ4n) is 3.74. The van der Waals surface area contributed by atoms with Gasteiger partial charge in [0.05, 0.1) is 12.0 Å². The summed E-state index contributed by atoms with van der Waals surface area (Å²) in [5.41, 5.74) is 6.07. The molecule has 1 saturated heterocycles. The summed E-state index contributed by atoms with van der Waals surface area (Å²) in [6.45, 7) is 6.60. The SMILES string of the molecule is CCCN(CC1CCCCO1)C(=O)C1CCCCC1(C)N.Cl. The van der Waals surface area contributed by atoms with E-state index in [1.807, 2.05) is 4.90 Å². The highest BCUT2D eigenvalue weighted by Crippen LogP contribution is 2.33. The first-order valence-corrected chi connectivity index (χ1v) is 8.74. The van der Waals surface area contributed by atoms with Gasteiger partial charge in [-0.1, -0.05) is 19.8 Å². The molecule has 1 heterocycles. The quantitative estimate of drug-likeness (QED) is 0.841. The van der Waals surface area contributed by atoms with Crippen molar-refractivity contribution in [1.29, 1.82) is 0 Å². The molecule has 3 unspecified atom stereocenters. The highest BCUT2D eigenvalue weighted by Gasteiger charge is 2.40. The maximum absolute atomic E-state index is 13.0. The van der Waals surface area contributed by atoms with Crippen LogP contribution in [0.25, 0.3) is 0 Å². The number of nitrogens with two attached hydrogens (primary N) is 1. The van der Waals surface area contributed by atoms with E-state index < -0.39 is 0 Å². The maximum Gasteiger partial charge on any atom is 0.227 e. The number of rotatable bonds is 5. The zero-order valence-electron chi connectivity index (χ0n) is 14.2. The van der Waals surface area contributed by atoms with Gasteiger partial charge >= 0.3 is 0 Å². The van der Waals surface area contributed by atoms with Crippen molar-refractivity contribution in [3.8, 4) is 0 Å². The van der Waals surface area contributed by atoms with Crippen molar-refractivity contribution in [1.82, 2.24) is 4.90 Å². The van der Waals surface area contributed by atoms with Gasteiger partial charge in [-0.2, -0.15) is 0 Å². The molecule has 3 atom stereocenters. The first-order chi connectivity index (χ1) is 10.0. The van der Waals surface area contributed by atoms with E-state index in [0.29, 0.717) is 0 Å². The Morgan fingerprint density at radius 3 is 2.59 bits per heavy atom. The molecule has 2 N–H and O–H groups in total. The summed E-state index contributed by atoms with van der Waals surface area (Å²) >= 11 is 0. The predicted molar refractivity (Wildman–Crippen MR) is 92.3 cm³/mol. The Morgan fingerprint density at radius 1 is 1.27 bits per heavy atom. The molecular weight excluding hydrogens is 300 g/mol. The van der Waals surface area contributed by atoms with Gasteiger partial charge in [0.1, 0.15) is 0 Å². The molecule has 1 saturated carbocycles. The smallest absolute Gasteiger partial charge is 0.227 e. The Balaban J connectivity index is 0.00000242. The summed E-state index contributed by atoms with van der Waals surface area (Å²) in [6, 6.07) is 0. The minimum atomic E-state index is -0.339. The molecule has 0 radical (unpaired) electrons. The van der Waals surface area contributed by atoms with Crippen molar-refractivity contribution < 1.29 is 9.53 Å². The molecule has 2 rings (SSSR count). The molecule has 1 amide bonds. The lowest BCUT2D eigenvalue weighted by atomic mass is 9.74. The molecule has 130 valence electrons. The van der Waals surface area contributed by atoms with Crippen LogP contribution in [-0.2, 0) is 9.53 Å². The molecule has 0 bridgehead atoms. The van der Waals surface area contributed by atoms with Gasteiger partial charge in [0.15, 0.2) is 0 Å². The Morgan fingerprint density at radius 2 is 2.00 bits per heavy atom. The van der Waals surface area contributed by atoms with Crippen LogP contribution in [0.2, 0.25) is 0 Å². The third kappa shape index (κ3) is 5.10. The second kappa shape index (κ2) is 9.09. The fraction of sp³-hybridized carbons (Fsp3) is 0.941. The third-order valence-electron chi connectivity index (χ3n) is 5.06. The summed E-state index contributed by atoms with van der Waals surface area (Å²) in [7, 11) is 0. The average molecular weight is 333 g/mol. The number of nitrogens with zero attached hydrogens (tertiary/aromatic N) is 1. The number of halogens is 1.